The van der Waals surface area contributed by atoms with Gasteiger partial charge in [-0.25, -0.2) is 8.42 Å². The van der Waals surface area contributed by atoms with E-state index in [-0.39, 0.29) is 18.0 Å². The van der Waals surface area contributed by atoms with Crippen LogP contribution in [-0.2, 0) is 10.0 Å². The van der Waals surface area contributed by atoms with Crippen LogP contribution in [0.15, 0.2) is 64.0 Å². The van der Waals surface area contributed by atoms with Crippen molar-refractivity contribution < 1.29 is 17.9 Å². The Kier molecular flexibility index (Phi) is 4.99. The summed E-state index contributed by atoms with van der Waals surface area (Å²) in [5, 5.41) is 15.2. The number of piperazine rings is 1. The first-order valence-corrected chi connectivity index (χ1v) is 10.3. The van der Waals surface area contributed by atoms with E-state index in [1.165, 1.54) is 28.6 Å². The Morgan fingerprint density at radius 3 is 2.31 bits per heavy atom. The molecule has 0 amide bonds. The molecule has 0 saturated carbocycles. The van der Waals surface area contributed by atoms with E-state index in [1.54, 1.807) is 0 Å². The Labute approximate surface area is 166 Å². The van der Waals surface area contributed by atoms with Gasteiger partial charge in [0.15, 0.2) is 4.90 Å². The van der Waals surface area contributed by atoms with Crippen LogP contribution in [0.4, 0.5) is 11.6 Å². The summed E-state index contributed by atoms with van der Waals surface area (Å²) in [6, 6.07) is 14.7. The van der Waals surface area contributed by atoms with Crippen LogP contribution in [0.5, 0.6) is 0 Å². The lowest BCUT2D eigenvalue weighted by Gasteiger charge is -2.32. The number of para-hydroxylation sites is 1. The van der Waals surface area contributed by atoms with E-state index >= 15 is 0 Å². The number of hydrogen-bond acceptors (Lipinski definition) is 8. The lowest BCUT2D eigenvalue weighted by Crippen LogP contribution is -2.49. The summed E-state index contributed by atoms with van der Waals surface area (Å²) in [7, 11) is -3.98. The molecule has 2 aromatic carbocycles. The van der Waals surface area contributed by atoms with Gasteiger partial charge < -0.3 is 9.42 Å². The standard InChI is InChI=1S/C18H17N5O5S/c24-23(25)15-8-4-5-9-16(15)29(26,27)22-12-10-21(11-13-22)18-19-17(28-20-18)14-6-2-1-3-7-14/h1-9H,10-13H2. The second-order valence-corrected chi connectivity index (χ2v) is 8.29. The van der Waals surface area contributed by atoms with Gasteiger partial charge in [-0.2, -0.15) is 9.29 Å². The molecule has 29 heavy (non-hydrogen) atoms. The summed E-state index contributed by atoms with van der Waals surface area (Å²) < 4.78 is 32.3. The van der Waals surface area contributed by atoms with Crippen molar-refractivity contribution >= 4 is 21.7 Å². The number of nitro groups is 1. The zero-order valence-electron chi connectivity index (χ0n) is 15.2. The van der Waals surface area contributed by atoms with Gasteiger partial charge in [0.05, 0.1) is 4.92 Å². The minimum Gasteiger partial charge on any atom is -0.336 e. The van der Waals surface area contributed by atoms with E-state index in [2.05, 4.69) is 10.1 Å². The molecule has 0 N–H and O–H groups in total. The highest BCUT2D eigenvalue weighted by Crippen LogP contribution is 2.27. The van der Waals surface area contributed by atoms with Crippen molar-refractivity contribution in [2.24, 2.45) is 0 Å². The molecule has 0 bridgehead atoms. The van der Waals surface area contributed by atoms with Gasteiger partial charge in [0, 0.05) is 37.8 Å². The molecule has 1 aromatic heterocycles. The van der Waals surface area contributed by atoms with E-state index in [4.69, 9.17) is 4.52 Å². The summed E-state index contributed by atoms with van der Waals surface area (Å²) in [5.74, 6) is 0.766. The smallest absolute Gasteiger partial charge is 0.289 e. The van der Waals surface area contributed by atoms with Gasteiger partial charge in [0.1, 0.15) is 0 Å². The number of rotatable bonds is 5. The van der Waals surface area contributed by atoms with Gasteiger partial charge in [-0.15, -0.1) is 0 Å². The van der Waals surface area contributed by atoms with Crippen LogP contribution in [0.2, 0.25) is 0 Å². The van der Waals surface area contributed by atoms with Crippen LogP contribution < -0.4 is 4.90 Å². The molecule has 1 fully saturated rings. The third-order valence-electron chi connectivity index (χ3n) is 4.64. The molecule has 10 nitrogen and oxygen atoms in total. The maximum absolute atomic E-state index is 12.9. The molecule has 3 aromatic rings. The molecule has 1 aliphatic heterocycles. The van der Waals surface area contributed by atoms with Crippen LogP contribution in [0.25, 0.3) is 11.5 Å². The lowest BCUT2D eigenvalue weighted by molar-refractivity contribution is -0.387. The van der Waals surface area contributed by atoms with Crippen molar-refractivity contribution in [1.29, 1.82) is 0 Å². The van der Waals surface area contributed by atoms with E-state index in [1.807, 2.05) is 35.2 Å². The average Bonchev–Trinajstić information content (AvgIpc) is 3.25. The summed E-state index contributed by atoms with van der Waals surface area (Å²) in [6.07, 6.45) is 0. The first-order chi connectivity index (χ1) is 14.0. The number of nitro benzene ring substituents is 1. The lowest BCUT2D eigenvalue weighted by atomic mass is 10.2. The zero-order valence-corrected chi connectivity index (χ0v) is 16.0. The number of nitrogens with zero attached hydrogens (tertiary/aromatic N) is 5. The molecule has 0 aliphatic carbocycles. The highest BCUT2D eigenvalue weighted by Gasteiger charge is 2.34. The third kappa shape index (κ3) is 3.69. The average molecular weight is 415 g/mol. The van der Waals surface area contributed by atoms with E-state index in [0.717, 1.165) is 5.56 Å². The monoisotopic (exact) mass is 415 g/mol. The molecule has 0 spiro atoms. The van der Waals surface area contributed by atoms with Crippen molar-refractivity contribution in [1.82, 2.24) is 14.4 Å². The number of sulfonamides is 1. The summed E-state index contributed by atoms with van der Waals surface area (Å²) in [4.78, 5) is 16.4. The molecule has 0 atom stereocenters. The second-order valence-electron chi connectivity index (χ2n) is 6.38. The van der Waals surface area contributed by atoms with Gasteiger partial charge >= 0.3 is 0 Å². The fourth-order valence-corrected chi connectivity index (χ4v) is 4.72. The Balaban J connectivity index is 1.49. The minimum absolute atomic E-state index is 0.156. The van der Waals surface area contributed by atoms with Gasteiger partial charge in [0.2, 0.25) is 10.0 Å². The highest BCUT2D eigenvalue weighted by molar-refractivity contribution is 7.89. The van der Waals surface area contributed by atoms with Crippen LogP contribution >= 0.6 is 0 Å². The molecule has 0 radical (unpaired) electrons. The summed E-state index contributed by atoms with van der Waals surface area (Å²) in [6.45, 7) is 0.994. The van der Waals surface area contributed by atoms with Crippen molar-refractivity contribution in [3.63, 3.8) is 0 Å². The largest absolute Gasteiger partial charge is 0.336 e. The SMILES string of the molecule is O=[N+]([O-])c1ccccc1S(=O)(=O)N1CCN(c2noc(-c3ccccc3)n2)CC1. The van der Waals surface area contributed by atoms with Crippen LogP contribution in [-0.4, -0.2) is 54.0 Å². The van der Waals surface area contributed by atoms with Crippen LogP contribution in [0.3, 0.4) is 0 Å². The normalized spacial score (nSPS) is 15.4. The van der Waals surface area contributed by atoms with Crippen LogP contribution in [0, 0.1) is 10.1 Å². The first-order valence-electron chi connectivity index (χ1n) is 8.84. The fraction of sp³-hybridized carbons (Fsp3) is 0.222. The van der Waals surface area contributed by atoms with Gasteiger partial charge in [-0.05, 0) is 23.4 Å². The molecular formula is C18H17N5O5S. The van der Waals surface area contributed by atoms with Crippen molar-refractivity contribution in [3.05, 3.63) is 64.7 Å². The molecule has 1 saturated heterocycles. The second kappa shape index (κ2) is 7.60. The Morgan fingerprint density at radius 2 is 1.62 bits per heavy atom. The molecule has 0 unspecified atom stereocenters. The topological polar surface area (TPSA) is 123 Å². The number of benzene rings is 2. The maximum atomic E-state index is 12.9. The molecule has 11 heteroatoms. The Hall–Kier alpha value is -3.31. The van der Waals surface area contributed by atoms with Crippen molar-refractivity contribution in [3.8, 4) is 11.5 Å². The van der Waals surface area contributed by atoms with Crippen LogP contribution in [0.1, 0.15) is 0 Å². The zero-order chi connectivity index (χ0) is 20.4. The molecule has 150 valence electrons. The number of aromatic nitrogens is 2. The first kappa shape index (κ1) is 19.0. The molecular weight excluding hydrogens is 398 g/mol. The molecule has 2 heterocycles. The Morgan fingerprint density at radius 1 is 0.966 bits per heavy atom. The van der Waals surface area contributed by atoms with E-state index < -0.39 is 20.6 Å². The summed E-state index contributed by atoms with van der Waals surface area (Å²) in [5.41, 5.74) is 0.365. The number of anilines is 1. The fourth-order valence-electron chi connectivity index (χ4n) is 3.14. The van der Waals surface area contributed by atoms with Crippen molar-refractivity contribution in [2.45, 2.75) is 4.90 Å². The molecule has 4 rings (SSSR count). The third-order valence-corrected chi connectivity index (χ3v) is 6.58. The minimum atomic E-state index is -3.98. The predicted molar refractivity (Wildman–Crippen MR) is 104 cm³/mol. The molecule has 1 aliphatic rings. The van der Waals surface area contributed by atoms with Gasteiger partial charge in [0.25, 0.3) is 17.5 Å². The van der Waals surface area contributed by atoms with Crippen molar-refractivity contribution in [2.75, 3.05) is 31.1 Å². The van der Waals surface area contributed by atoms with Gasteiger partial charge in [-0.1, -0.05) is 30.3 Å². The van der Waals surface area contributed by atoms with E-state index in [9.17, 15) is 18.5 Å². The maximum Gasteiger partial charge on any atom is 0.289 e. The predicted octanol–water partition coefficient (Wildman–Crippen LogP) is 2.16. The number of hydrogen-bond donors (Lipinski definition) is 0. The highest BCUT2D eigenvalue weighted by atomic mass is 32.2. The van der Waals surface area contributed by atoms with Gasteiger partial charge in [-0.3, -0.25) is 10.1 Å². The summed E-state index contributed by atoms with van der Waals surface area (Å²) >= 11 is 0. The van der Waals surface area contributed by atoms with E-state index in [0.29, 0.717) is 24.9 Å². The Bertz CT molecular complexity index is 1120. The quantitative estimate of drug-likeness (QED) is 0.459.